The van der Waals surface area contributed by atoms with E-state index >= 15 is 0 Å². The Hall–Kier alpha value is -2.30. The van der Waals surface area contributed by atoms with Crippen molar-refractivity contribution >= 4 is 28.2 Å². The fraction of sp³-hybridized carbons (Fsp3) is 0.625. The van der Waals surface area contributed by atoms with Gasteiger partial charge in [0.05, 0.1) is 23.3 Å². The van der Waals surface area contributed by atoms with Crippen molar-refractivity contribution in [2.75, 3.05) is 29.9 Å². The van der Waals surface area contributed by atoms with Gasteiger partial charge in [-0.25, -0.2) is 4.98 Å². The molecule has 1 amide bonds. The van der Waals surface area contributed by atoms with Crippen LogP contribution in [0.1, 0.15) is 52.0 Å². The molecule has 1 N–H and O–H groups in total. The Bertz CT molecular complexity index is 1040. The van der Waals surface area contributed by atoms with E-state index in [1.165, 1.54) is 18.3 Å². The van der Waals surface area contributed by atoms with Crippen LogP contribution in [0.5, 0.6) is 5.75 Å². The fourth-order valence-corrected chi connectivity index (χ4v) is 5.62. The van der Waals surface area contributed by atoms with Gasteiger partial charge < -0.3 is 19.7 Å². The third-order valence-electron chi connectivity index (χ3n) is 6.15. The van der Waals surface area contributed by atoms with Crippen molar-refractivity contribution in [2.24, 2.45) is 0 Å². The maximum atomic E-state index is 14.5. The summed E-state index contributed by atoms with van der Waals surface area (Å²) in [5.41, 5.74) is 0.681. The lowest BCUT2D eigenvalue weighted by Crippen LogP contribution is -2.46. The molecule has 34 heavy (non-hydrogen) atoms. The lowest BCUT2D eigenvalue weighted by molar-refractivity contribution is -0.114. The summed E-state index contributed by atoms with van der Waals surface area (Å²) in [5.74, 6) is 0.954. The molecule has 8 nitrogen and oxygen atoms in total. The second-order valence-corrected chi connectivity index (χ2v) is 11.0. The van der Waals surface area contributed by atoms with Crippen LogP contribution in [0.15, 0.2) is 12.3 Å². The molecule has 4 heterocycles. The number of rotatable bonds is 7. The zero-order chi connectivity index (χ0) is 24.6. The van der Waals surface area contributed by atoms with Crippen LogP contribution < -0.4 is 15.0 Å². The van der Waals surface area contributed by atoms with Crippen molar-refractivity contribution in [3.05, 3.63) is 28.7 Å². The molecular formula is C24H34FN5O3S. The SMILES string of the molecule is CC(=O)Nc1nc(F)c(CN(C[C@]2(C)Cc3cc(N4C[C@@H](C)O[C@H](C)C4)ncc3O2)C(C)C)s1. The number of carbonyl (C=O) groups is 1. The first kappa shape index (κ1) is 24.8. The summed E-state index contributed by atoms with van der Waals surface area (Å²) < 4.78 is 26.7. The molecule has 2 aliphatic rings. The summed E-state index contributed by atoms with van der Waals surface area (Å²) in [5, 5.41) is 2.85. The number of morpholine rings is 1. The molecule has 186 valence electrons. The van der Waals surface area contributed by atoms with Gasteiger partial charge in [0.2, 0.25) is 11.9 Å². The summed E-state index contributed by atoms with van der Waals surface area (Å²) in [6.07, 6.45) is 2.90. The van der Waals surface area contributed by atoms with Crippen LogP contribution in [-0.4, -0.2) is 64.3 Å². The minimum Gasteiger partial charge on any atom is -0.484 e. The van der Waals surface area contributed by atoms with Gasteiger partial charge in [0.25, 0.3) is 0 Å². The van der Waals surface area contributed by atoms with Crippen LogP contribution in [0, 0.1) is 5.95 Å². The lowest BCUT2D eigenvalue weighted by Gasteiger charge is -2.36. The lowest BCUT2D eigenvalue weighted by atomic mass is 9.98. The highest BCUT2D eigenvalue weighted by atomic mass is 32.1. The smallest absolute Gasteiger partial charge is 0.230 e. The molecule has 0 bridgehead atoms. The highest BCUT2D eigenvalue weighted by molar-refractivity contribution is 7.15. The molecule has 4 rings (SSSR count). The molecule has 0 spiro atoms. The van der Waals surface area contributed by atoms with Crippen molar-refractivity contribution in [3.63, 3.8) is 0 Å². The number of thiazole rings is 1. The van der Waals surface area contributed by atoms with Crippen LogP contribution in [0.4, 0.5) is 15.3 Å². The molecule has 1 fully saturated rings. The average molecular weight is 492 g/mol. The summed E-state index contributed by atoms with van der Waals surface area (Å²) in [4.78, 5) is 24.8. The second-order valence-electron chi connectivity index (χ2n) is 9.95. The van der Waals surface area contributed by atoms with Crippen molar-refractivity contribution in [1.82, 2.24) is 14.9 Å². The predicted molar refractivity (Wildman–Crippen MR) is 131 cm³/mol. The van der Waals surface area contributed by atoms with Crippen LogP contribution in [0.25, 0.3) is 0 Å². The van der Waals surface area contributed by atoms with E-state index in [-0.39, 0.29) is 29.3 Å². The Morgan fingerprint density at radius 1 is 1.38 bits per heavy atom. The van der Waals surface area contributed by atoms with Gasteiger partial charge in [0.1, 0.15) is 17.2 Å². The maximum Gasteiger partial charge on any atom is 0.230 e. The molecule has 1 saturated heterocycles. The summed E-state index contributed by atoms with van der Waals surface area (Å²) >= 11 is 1.17. The third kappa shape index (κ3) is 5.67. The van der Waals surface area contributed by atoms with Crippen molar-refractivity contribution in [3.8, 4) is 5.75 Å². The number of nitrogens with one attached hydrogen (secondary N) is 1. The number of fused-ring (bicyclic) bond motifs is 1. The Kier molecular flexibility index (Phi) is 7.12. The van der Waals surface area contributed by atoms with Crippen LogP contribution in [-0.2, 0) is 22.5 Å². The molecule has 2 aromatic rings. The topological polar surface area (TPSA) is 79.8 Å². The summed E-state index contributed by atoms with van der Waals surface area (Å²) in [6, 6.07) is 2.30. The molecule has 0 aliphatic carbocycles. The van der Waals surface area contributed by atoms with Crippen LogP contribution in [0.3, 0.4) is 0 Å². The minimum absolute atomic E-state index is 0.165. The third-order valence-corrected chi connectivity index (χ3v) is 7.08. The molecular weight excluding hydrogens is 457 g/mol. The van der Waals surface area contributed by atoms with Gasteiger partial charge in [-0.2, -0.15) is 9.37 Å². The molecule has 0 radical (unpaired) electrons. The van der Waals surface area contributed by atoms with E-state index in [1.807, 2.05) is 6.20 Å². The number of anilines is 2. The number of halogens is 1. The monoisotopic (exact) mass is 491 g/mol. The van der Waals surface area contributed by atoms with Gasteiger partial charge in [-0.15, -0.1) is 0 Å². The van der Waals surface area contributed by atoms with Gasteiger partial charge in [-0.1, -0.05) is 11.3 Å². The molecule has 0 saturated carbocycles. The standard InChI is InChI=1S/C24H34FN5O3S/c1-14(2)30(12-20-22(25)28-23(34-20)27-17(5)31)13-24(6)8-18-7-21(26-9-19(18)33-24)29-10-15(3)32-16(4)11-29/h7,9,14-16H,8,10-13H2,1-6H3,(H,27,28,31)/t15-,16-,24+/m1/s1. The molecule has 2 aliphatic heterocycles. The first-order chi connectivity index (χ1) is 16.0. The Balaban J connectivity index is 1.46. The predicted octanol–water partition coefficient (Wildman–Crippen LogP) is 3.85. The first-order valence-corrected chi connectivity index (χ1v) is 12.6. The van der Waals surface area contributed by atoms with E-state index < -0.39 is 11.5 Å². The fourth-order valence-electron chi connectivity index (χ4n) is 4.70. The van der Waals surface area contributed by atoms with Gasteiger partial charge in [0.15, 0.2) is 5.13 Å². The first-order valence-electron chi connectivity index (χ1n) is 11.8. The quantitative estimate of drug-likeness (QED) is 0.630. The zero-order valence-corrected chi connectivity index (χ0v) is 21.5. The van der Waals surface area contributed by atoms with Crippen molar-refractivity contribution in [1.29, 1.82) is 0 Å². The van der Waals surface area contributed by atoms with E-state index in [0.29, 0.717) is 18.0 Å². The van der Waals surface area contributed by atoms with Gasteiger partial charge in [-0.3, -0.25) is 9.69 Å². The highest BCUT2D eigenvalue weighted by Gasteiger charge is 2.38. The largest absolute Gasteiger partial charge is 0.484 e. The molecule has 2 aromatic heterocycles. The van der Waals surface area contributed by atoms with Gasteiger partial charge in [0, 0.05) is 51.1 Å². The number of aromatic nitrogens is 2. The average Bonchev–Trinajstić information content (AvgIpc) is 3.23. The summed E-state index contributed by atoms with van der Waals surface area (Å²) in [6.45, 7) is 14.5. The number of carbonyl (C=O) groups excluding carboxylic acids is 1. The second kappa shape index (κ2) is 9.75. The van der Waals surface area contributed by atoms with E-state index in [2.05, 4.69) is 65.8 Å². The number of pyridine rings is 1. The molecule has 0 aromatic carbocycles. The number of hydrogen-bond acceptors (Lipinski definition) is 8. The number of hydrogen-bond donors (Lipinski definition) is 1. The zero-order valence-electron chi connectivity index (χ0n) is 20.7. The van der Waals surface area contributed by atoms with E-state index in [9.17, 15) is 9.18 Å². The Morgan fingerprint density at radius 2 is 2.09 bits per heavy atom. The Morgan fingerprint density at radius 3 is 2.74 bits per heavy atom. The molecule has 3 atom stereocenters. The molecule has 10 heteroatoms. The summed E-state index contributed by atoms with van der Waals surface area (Å²) in [7, 11) is 0. The van der Waals surface area contributed by atoms with E-state index in [1.54, 1.807) is 0 Å². The van der Waals surface area contributed by atoms with E-state index in [4.69, 9.17) is 9.47 Å². The minimum atomic E-state index is -0.539. The van der Waals surface area contributed by atoms with Crippen molar-refractivity contribution < 1.29 is 18.7 Å². The highest BCUT2D eigenvalue weighted by Crippen LogP contribution is 2.38. The van der Waals surface area contributed by atoms with Crippen molar-refractivity contribution in [2.45, 2.75) is 78.4 Å². The van der Waals surface area contributed by atoms with Gasteiger partial charge in [-0.05, 0) is 40.7 Å². The van der Waals surface area contributed by atoms with Gasteiger partial charge >= 0.3 is 0 Å². The van der Waals surface area contributed by atoms with Crippen LogP contribution >= 0.6 is 11.3 Å². The maximum absolute atomic E-state index is 14.5. The van der Waals surface area contributed by atoms with Crippen LogP contribution in [0.2, 0.25) is 0 Å². The number of amides is 1. The number of ether oxygens (including phenoxy) is 2. The Labute approximate surface area is 204 Å². The number of nitrogens with zero attached hydrogens (tertiary/aromatic N) is 4. The normalized spacial score (nSPS) is 24.4. The molecule has 0 unspecified atom stereocenters. The van der Waals surface area contributed by atoms with E-state index in [0.717, 1.165) is 36.6 Å².